The summed E-state index contributed by atoms with van der Waals surface area (Å²) in [5.74, 6) is 1.67. The number of piperidine rings is 1. The van der Waals surface area contributed by atoms with Crippen LogP contribution in [0.1, 0.15) is 31.0 Å². The summed E-state index contributed by atoms with van der Waals surface area (Å²) in [6, 6.07) is 14.8. The topological polar surface area (TPSA) is 58.1 Å². The smallest absolute Gasteiger partial charge is 0.239 e. The van der Waals surface area contributed by atoms with E-state index in [9.17, 15) is 4.79 Å². The minimum atomic E-state index is -0.0742. The van der Waals surface area contributed by atoms with Crippen LogP contribution in [0.15, 0.2) is 48.7 Å². The van der Waals surface area contributed by atoms with Gasteiger partial charge in [0.1, 0.15) is 5.75 Å². The highest BCUT2D eigenvalue weighted by Crippen LogP contribution is 2.28. The Morgan fingerprint density at radius 2 is 1.91 bits per heavy atom. The number of hydrogen-bond acceptors (Lipinski definition) is 6. The standard InChI is InChI=1S/C28H40N4O3/c1-22(31-15-17-35-18-16-31)28(33)32-13-10-24(11-14-32)27(20-23-7-6-9-26(19-23)34-3)30(2)21-25-8-4-5-12-29-25/h4-9,12,19,22,24,27H,10-11,13-18,20-21H2,1-3H3/t22-,27-/m0/s1. The highest BCUT2D eigenvalue weighted by molar-refractivity contribution is 5.81. The van der Waals surface area contributed by atoms with Crippen LogP contribution < -0.4 is 4.74 Å². The first kappa shape index (κ1) is 25.6. The maximum atomic E-state index is 13.2. The third-order valence-corrected chi connectivity index (χ3v) is 7.63. The number of benzene rings is 1. The molecule has 1 aromatic carbocycles. The minimum Gasteiger partial charge on any atom is -0.497 e. The van der Waals surface area contributed by atoms with Gasteiger partial charge >= 0.3 is 0 Å². The Morgan fingerprint density at radius 3 is 2.60 bits per heavy atom. The van der Waals surface area contributed by atoms with Crippen molar-refractivity contribution in [3.8, 4) is 5.75 Å². The van der Waals surface area contributed by atoms with Gasteiger partial charge in [0.25, 0.3) is 0 Å². The zero-order valence-electron chi connectivity index (χ0n) is 21.4. The van der Waals surface area contributed by atoms with Gasteiger partial charge in [0, 0.05) is 45.0 Å². The molecular formula is C28H40N4O3. The zero-order chi connectivity index (χ0) is 24.6. The van der Waals surface area contributed by atoms with Gasteiger partial charge in [0.05, 0.1) is 32.1 Å². The number of amides is 1. The second-order valence-electron chi connectivity index (χ2n) is 9.85. The largest absolute Gasteiger partial charge is 0.497 e. The normalized spacial score (nSPS) is 19.5. The van der Waals surface area contributed by atoms with Crippen molar-refractivity contribution in [2.75, 3.05) is 53.6 Å². The van der Waals surface area contributed by atoms with Crippen LogP contribution >= 0.6 is 0 Å². The van der Waals surface area contributed by atoms with E-state index < -0.39 is 0 Å². The maximum absolute atomic E-state index is 13.2. The highest BCUT2D eigenvalue weighted by atomic mass is 16.5. The van der Waals surface area contributed by atoms with Crippen molar-refractivity contribution in [1.29, 1.82) is 0 Å². The zero-order valence-corrected chi connectivity index (χ0v) is 21.4. The summed E-state index contributed by atoms with van der Waals surface area (Å²) in [6.45, 7) is 7.61. The van der Waals surface area contributed by atoms with Crippen molar-refractivity contribution in [3.05, 3.63) is 59.9 Å². The van der Waals surface area contributed by atoms with Gasteiger partial charge in [-0.3, -0.25) is 19.6 Å². The van der Waals surface area contributed by atoms with Crippen LogP contribution in [-0.4, -0.2) is 91.2 Å². The van der Waals surface area contributed by atoms with Crippen molar-refractivity contribution in [2.45, 2.75) is 44.8 Å². The molecule has 7 heteroatoms. The number of rotatable bonds is 9. The van der Waals surface area contributed by atoms with Crippen molar-refractivity contribution < 1.29 is 14.3 Å². The van der Waals surface area contributed by atoms with Crippen molar-refractivity contribution in [1.82, 2.24) is 19.7 Å². The third-order valence-electron chi connectivity index (χ3n) is 7.63. The number of pyridine rings is 1. The lowest BCUT2D eigenvalue weighted by molar-refractivity contribution is -0.139. The number of ether oxygens (including phenoxy) is 2. The number of nitrogens with zero attached hydrogens (tertiary/aromatic N) is 4. The second-order valence-corrected chi connectivity index (χ2v) is 9.85. The van der Waals surface area contributed by atoms with Crippen LogP contribution in [0.4, 0.5) is 0 Å². The molecule has 7 nitrogen and oxygen atoms in total. The monoisotopic (exact) mass is 480 g/mol. The lowest BCUT2D eigenvalue weighted by Crippen LogP contribution is -2.53. The summed E-state index contributed by atoms with van der Waals surface area (Å²) in [6.07, 6.45) is 4.84. The maximum Gasteiger partial charge on any atom is 0.239 e. The van der Waals surface area contributed by atoms with E-state index in [-0.39, 0.29) is 11.9 Å². The van der Waals surface area contributed by atoms with Crippen molar-refractivity contribution in [2.24, 2.45) is 5.92 Å². The summed E-state index contributed by atoms with van der Waals surface area (Å²) in [5.41, 5.74) is 2.36. The molecule has 0 saturated carbocycles. The van der Waals surface area contributed by atoms with E-state index in [2.05, 4.69) is 51.0 Å². The van der Waals surface area contributed by atoms with Crippen molar-refractivity contribution in [3.63, 3.8) is 0 Å². The van der Waals surface area contributed by atoms with Gasteiger partial charge in [-0.2, -0.15) is 0 Å². The fourth-order valence-electron chi connectivity index (χ4n) is 5.48. The molecule has 0 bridgehead atoms. The van der Waals surface area contributed by atoms with E-state index in [1.165, 1.54) is 5.56 Å². The van der Waals surface area contributed by atoms with Gasteiger partial charge in [-0.05, 0) is 69.0 Å². The minimum absolute atomic E-state index is 0.0742. The fraction of sp³-hybridized carbons (Fsp3) is 0.571. The van der Waals surface area contributed by atoms with Crippen LogP contribution in [0, 0.1) is 5.92 Å². The number of aromatic nitrogens is 1. The number of likely N-dealkylation sites (tertiary alicyclic amines) is 1. The molecule has 35 heavy (non-hydrogen) atoms. The molecule has 1 aromatic heterocycles. The highest BCUT2D eigenvalue weighted by Gasteiger charge is 2.34. The lowest BCUT2D eigenvalue weighted by Gasteiger charge is -2.42. The van der Waals surface area contributed by atoms with Crippen LogP contribution in [0.3, 0.4) is 0 Å². The summed E-state index contributed by atoms with van der Waals surface area (Å²) < 4.78 is 10.9. The quantitative estimate of drug-likeness (QED) is 0.550. The number of hydrogen-bond donors (Lipinski definition) is 0. The lowest BCUT2D eigenvalue weighted by atomic mass is 9.84. The average Bonchev–Trinajstić information content (AvgIpc) is 2.92. The number of carbonyl (C=O) groups is 1. The molecule has 2 aromatic rings. The number of methoxy groups -OCH3 is 1. The van der Waals surface area contributed by atoms with E-state index in [0.29, 0.717) is 25.2 Å². The van der Waals surface area contributed by atoms with E-state index in [1.807, 2.05) is 31.3 Å². The Balaban J connectivity index is 1.42. The predicted octanol–water partition coefficient (Wildman–Crippen LogP) is 3.09. The average molecular weight is 481 g/mol. The molecule has 2 atom stereocenters. The molecule has 0 aliphatic carbocycles. The van der Waals surface area contributed by atoms with Gasteiger partial charge in [-0.1, -0.05) is 18.2 Å². The van der Waals surface area contributed by atoms with E-state index >= 15 is 0 Å². The van der Waals surface area contributed by atoms with Crippen LogP contribution in [0.5, 0.6) is 5.75 Å². The first-order valence-electron chi connectivity index (χ1n) is 12.9. The van der Waals surface area contributed by atoms with Gasteiger partial charge in [-0.25, -0.2) is 0 Å². The first-order chi connectivity index (χ1) is 17.0. The molecule has 2 aliphatic rings. The fourth-order valence-corrected chi connectivity index (χ4v) is 5.48. The van der Waals surface area contributed by atoms with Crippen LogP contribution in [0.2, 0.25) is 0 Å². The summed E-state index contributed by atoms with van der Waals surface area (Å²) >= 11 is 0. The molecule has 2 aliphatic heterocycles. The van der Waals surface area contributed by atoms with E-state index in [0.717, 1.165) is 63.4 Å². The molecule has 190 valence electrons. The predicted molar refractivity (Wildman–Crippen MR) is 137 cm³/mol. The van der Waals surface area contributed by atoms with Gasteiger partial charge in [0.15, 0.2) is 0 Å². The second kappa shape index (κ2) is 12.5. The van der Waals surface area contributed by atoms with Crippen LogP contribution in [-0.2, 0) is 22.5 Å². The summed E-state index contributed by atoms with van der Waals surface area (Å²) in [4.78, 5) is 24.6. The Hall–Kier alpha value is -2.48. The summed E-state index contributed by atoms with van der Waals surface area (Å²) in [5, 5.41) is 0. The first-order valence-corrected chi connectivity index (χ1v) is 12.9. The van der Waals surface area contributed by atoms with E-state index in [1.54, 1.807) is 7.11 Å². The SMILES string of the molecule is COc1cccc(C[C@@H](C2CCN(C(=O)[C@H](C)N3CCOCC3)CC2)N(C)Cc2ccccn2)c1. The number of carbonyl (C=O) groups excluding carboxylic acids is 1. The van der Waals surface area contributed by atoms with E-state index in [4.69, 9.17) is 9.47 Å². The number of likely N-dealkylation sites (N-methyl/N-ethyl adjacent to an activating group) is 1. The Morgan fingerprint density at radius 1 is 1.14 bits per heavy atom. The molecule has 2 saturated heterocycles. The molecule has 0 N–H and O–H groups in total. The van der Waals surface area contributed by atoms with Gasteiger partial charge in [0.2, 0.25) is 5.91 Å². The molecular weight excluding hydrogens is 440 g/mol. The van der Waals surface area contributed by atoms with Gasteiger partial charge < -0.3 is 14.4 Å². The number of morpholine rings is 1. The van der Waals surface area contributed by atoms with Crippen molar-refractivity contribution >= 4 is 5.91 Å². The third kappa shape index (κ3) is 6.81. The molecule has 2 fully saturated rings. The Bertz CT molecular complexity index is 927. The molecule has 0 spiro atoms. The Labute approximate surface area is 210 Å². The molecule has 0 radical (unpaired) electrons. The Kier molecular flexibility index (Phi) is 9.12. The molecule has 4 rings (SSSR count). The van der Waals surface area contributed by atoms with Crippen LogP contribution in [0.25, 0.3) is 0 Å². The molecule has 0 unspecified atom stereocenters. The van der Waals surface area contributed by atoms with Gasteiger partial charge in [-0.15, -0.1) is 0 Å². The molecule has 3 heterocycles. The summed E-state index contributed by atoms with van der Waals surface area (Å²) in [7, 11) is 3.92. The molecule has 1 amide bonds.